The maximum atomic E-state index is 14.9. The zero-order chi connectivity index (χ0) is 23.8. The Kier molecular flexibility index (Phi) is 5.89. The van der Waals surface area contributed by atoms with Crippen LogP contribution in [0.1, 0.15) is 24.8 Å². The smallest absolute Gasteiger partial charge is 0.414 e. The molecule has 0 spiro atoms. The Morgan fingerprint density at radius 3 is 2.85 bits per heavy atom. The first-order chi connectivity index (χ1) is 15.7. The third kappa shape index (κ3) is 4.44. The van der Waals surface area contributed by atoms with E-state index in [9.17, 15) is 22.4 Å². The number of benzene rings is 1. The van der Waals surface area contributed by atoms with E-state index in [0.29, 0.717) is 0 Å². The van der Waals surface area contributed by atoms with Crippen LogP contribution >= 0.6 is 0 Å². The molecule has 33 heavy (non-hydrogen) atoms. The van der Waals surface area contributed by atoms with Gasteiger partial charge in [0.2, 0.25) is 20.9 Å². The monoisotopic (exact) mass is 476 g/mol. The number of hydrogen-bond donors (Lipinski definition) is 3. The van der Waals surface area contributed by atoms with Gasteiger partial charge in [-0.15, -0.1) is 0 Å². The zero-order valence-corrected chi connectivity index (χ0v) is 18.5. The molecule has 174 valence electrons. The van der Waals surface area contributed by atoms with Crippen LogP contribution in [-0.4, -0.2) is 59.5 Å². The highest BCUT2D eigenvalue weighted by Gasteiger charge is 2.33. The number of anilines is 1. The van der Waals surface area contributed by atoms with Crippen molar-refractivity contribution in [3.05, 3.63) is 48.3 Å². The number of sulfone groups is 1. The van der Waals surface area contributed by atoms with Crippen molar-refractivity contribution in [1.82, 2.24) is 25.3 Å². The Balaban J connectivity index is 1.52. The molecule has 2 amide bonds. The minimum Gasteiger partial charge on any atom is -0.442 e. The molecule has 1 saturated heterocycles. The molecule has 2 atom stereocenters. The standard InChI is InChI=1S/C20H21FN6O5S/c1-11(33(30,31)19-22-5-6-23-19)17-9-25-18(26-17)15-4-3-13(7-16(15)21)27-10-14(32-20(27)29)8-24-12(2)28/h3-7,9,11,14H,8,10H2,1-2H3,(H,22,23)(H,24,28)(H,25,26)/t11?,14-/m0/s1. The normalized spacial score (nSPS) is 17.1. The molecule has 1 aromatic carbocycles. The number of amides is 2. The topological polar surface area (TPSA) is 150 Å². The quantitative estimate of drug-likeness (QED) is 0.471. The van der Waals surface area contributed by atoms with Crippen LogP contribution in [0.25, 0.3) is 11.4 Å². The molecule has 1 aliphatic heterocycles. The Bertz CT molecular complexity index is 1290. The number of carbonyl (C=O) groups is 2. The largest absolute Gasteiger partial charge is 0.442 e. The highest BCUT2D eigenvalue weighted by molar-refractivity contribution is 7.91. The average molecular weight is 476 g/mol. The van der Waals surface area contributed by atoms with Crippen molar-refractivity contribution in [2.45, 2.75) is 30.4 Å². The number of aromatic nitrogens is 4. The Morgan fingerprint density at radius 2 is 2.18 bits per heavy atom. The van der Waals surface area contributed by atoms with Crippen LogP contribution in [0.4, 0.5) is 14.9 Å². The number of halogens is 1. The third-order valence-corrected chi connectivity index (χ3v) is 7.16. The van der Waals surface area contributed by atoms with Gasteiger partial charge < -0.3 is 20.0 Å². The van der Waals surface area contributed by atoms with E-state index in [1.807, 2.05) is 0 Å². The predicted molar refractivity (Wildman–Crippen MR) is 114 cm³/mol. The number of nitrogens with zero attached hydrogens (tertiary/aromatic N) is 3. The van der Waals surface area contributed by atoms with Crippen molar-refractivity contribution in [3.8, 4) is 11.4 Å². The van der Waals surface area contributed by atoms with Crippen LogP contribution < -0.4 is 10.2 Å². The number of cyclic esters (lactones) is 1. The molecule has 1 aliphatic rings. The van der Waals surface area contributed by atoms with Gasteiger partial charge >= 0.3 is 6.09 Å². The Hall–Kier alpha value is -3.74. The minimum atomic E-state index is -3.78. The van der Waals surface area contributed by atoms with E-state index in [1.54, 1.807) is 0 Å². The summed E-state index contributed by atoms with van der Waals surface area (Å²) in [4.78, 5) is 37.8. The predicted octanol–water partition coefficient (Wildman–Crippen LogP) is 1.94. The summed E-state index contributed by atoms with van der Waals surface area (Å²) in [6.07, 6.45) is 2.89. The van der Waals surface area contributed by atoms with Crippen molar-refractivity contribution >= 4 is 27.5 Å². The van der Waals surface area contributed by atoms with Crippen LogP contribution in [0.5, 0.6) is 0 Å². The molecule has 1 fully saturated rings. The zero-order valence-electron chi connectivity index (χ0n) is 17.7. The van der Waals surface area contributed by atoms with Gasteiger partial charge in [0.1, 0.15) is 23.0 Å². The molecule has 2 aromatic heterocycles. The van der Waals surface area contributed by atoms with Crippen molar-refractivity contribution in [1.29, 1.82) is 0 Å². The van der Waals surface area contributed by atoms with Crippen LogP contribution in [-0.2, 0) is 19.4 Å². The van der Waals surface area contributed by atoms with Gasteiger partial charge in [-0.2, -0.15) is 0 Å². The molecule has 3 aromatic rings. The summed E-state index contributed by atoms with van der Waals surface area (Å²) in [7, 11) is -3.78. The maximum absolute atomic E-state index is 14.9. The minimum absolute atomic E-state index is 0.106. The molecular weight excluding hydrogens is 455 g/mol. The Morgan fingerprint density at radius 1 is 1.39 bits per heavy atom. The van der Waals surface area contributed by atoms with Crippen molar-refractivity contribution < 1.29 is 27.1 Å². The first-order valence-electron chi connectivity index (χ1n) is 9.97. The van der Waals surface area contributed by atoms with E-state index < -0.39 is 33.1 Å². The van der Waals surface area contributed by atoms with Gasteiger partial charge in [-0.05, 0) is 25.1 Å². The number of imidazole rings is 2. The molecule has 3 heterocycles. The van der Waals surface area contributed by atoms with Crippen molar-refractivity contribution in [2.24, 2.45) is 0 Å². The summed E-state index contributed by atoms with van der Waals surface area (Å²) in [5.74, 6) is -0.764. The number of hydrogen-bond acceptors (Lipinski definition) is 7. The van der Waals surface area contributed by atoms with E-state index in [0.717, 1.165) is 0 Å². The maximum Gasteiger partial charge on any atom is 0.414 e. The van der Waals surface area contributed by atoms with Gasteiger partial charge in [-0.25, -0.2) is 27.6 Å². The second-order valence-electron chi connectivity index (χ2n) is 7.49. The number of rotatable bonds is 7. The van der Waals surface area contributed by atoms with Gasteiger partial charge in [0.05, 0.1) is 30.0 Å². The number of ether oxygens (including phenoxy) is 1. The van der Waals surface area contributed by atoms with Crippen LogP contribution in [0.2, 0.25) is 0 Å². The van der Waals surface area contributed by atoms with E-state index in [-0.39, 0.29) is 46.9 Å². The lowest BCUT2D eigenvalue weighted by Gasteiger charge is -2.14. The average Bonchev–Trinajstić information content (AvgIpc) is 3.52. The van der Waals surface area contributed by atoms with Gasteiger partial charge in [0.25, 0.3) is 0 Å². The second kappa shape index (κ2) is 8.65. The Labute approximate surface area is 188 Å². The highest BCUT2D eigenvalue weighted by Crippen LogP contribution is 2.30. The number of H-pyrrole nitrogens is 2. The first kappa shape index (κ1) is 22.5. The molecule has 0 radical (unpaired) electrons. The van der Waals surface area contributed by atoms with Crippen molar-refractivity contribution in [3.63, 3.8) is 0 Å². The lowest BCUT2D eigenvalue weighted by Crippen LogP contribution is -2.33. The van der Waals surface area contributed by atoms with E-state index >= 15 is 0 Å². The molecule has 0 saturated carbocycles. The van der Waals surface area contributed by atoms with Gasteiger partial charge in [-0.3, -0.25) is 9.69 Å². The molecule has 13 heteroatoms. The van der Waals surface area contributed by atoms with Gasteiger partial charge in [0.15, 0.2) is 0 Å². The summed E-state index contributed by atoms with van der Waals surface area (Å²) in [5, 5.41) is 1.41. The fourth-order valence-corrected chi connectivity index (χ4v) is 4.61. The summed E-state index contributed by atoms with van der Waals surface area (Å²) >= 11 is 0. The van der Waals surface area contributed by atoms with Gasteiger partial charge in [-0.1, -0.05) is 0 Å². The van der Waals surface area contributed by atoms with Crippen LogP contribution in [0.15, 0.2) is 41.9 Å². The molecule has 1 unspecified atom stereocenters. The molecule has 11 nitrogen and oxygen atoms in total. The van der Waals surface area contributed by atoms with Crippen LogP contribution in [0, 0.1) is 5.82 Å². The molecule has 0 aliphatic carbocycles. The molecular formula is C20H21FN6O5S. The van der Waals surface area contributed by atoms with E-state index in [2.05, 4.69) is 25.3 Å². The number of aromatic amines is 2. The molecule has 3 N–H and O–H groups in total. The summed E-state index contributed by atoms with van der Waals surface area (Å²) < 4.78 is 45.4. The summed E-state index contributed by atoms with van der Waals surface area (Å²) in [6, 6.07) is 4.14. The number of nitrogens with one attached hydrogen (secondary N) is 3. The fourth-order valence-electron chi connectivity index (χ4n) is 3.38. The lowest BCUT2D eigenvalue weighted by molar-refractivity contribution is -0.119. The molecule has 4 rings (SSSR count). The highest BCUT2D eigenvalue weighted by atomic mass is 32.2. The third-order valence-electron chi connectivity index (χ3n) is 5.21. The van der Waals surface area contributed by atoms with Crippen LogP contribution in [0.3, 0.4) is 0 Å². The van der Waals surface area contributed by atoms with Crippen molar-refractivity contribution in [2.75, 3.05) is 18.0 Å². The second-order valence-corrected chi connectivity index (χ2v) is 9.67. The lowest BCUT2D eigenvalue weighted by atomic mass is 10.1. The van der Waals surface area contributed by atoms with Gasteiger partial charge in [0, 0.05) is 25.5 Å². The van der Waals surface area contributed by atoms with E-state index in [1.165, 1.54) is 55.5 Å². The summed E-state index contributed by atoms with van der Waals surface area (Å²) in [6.45, 7) is 3.15. The fraction of sp³-hybridized carbons (Fsp3) is 0.300. The summed E-state index contributed by atoms with van der Waals surface area (Å²) in [5.41, 5.74) is 0.663. The molecule has 0 bridgehead atoms. The van der Waals surface area contributed by atoms with E-state index in [4.69, 9.17) is 4.74 Å². The SMILES string of the molecule is CC(=O)NC[C@H]1CN(c2ccc(-c3ncc(C(C)S(=O)(=O)c4ncc[nH]4)[nH]3)c(F)c2)C(=O)O1. The number of carbonyl (C=O) groups excluding carboxylic acids is 2. The first-order valence-corrected chi connectivity index (χ1v) is 11.5.